The van der Waals surface area contributed by atoms with Gasteiger partial charge in [0.25, 0.3) is 5.91 Å². The molecule has 0 unspecified atom stereocenters. The molecule has 0 saturated heterocycles. The molecule has 3 heterocycles. The first kappa shape index (κ1) is 21.4. The Bertz CT molecular complexity index is 1270. The molecule has 7 nitrogen and oxygen atoms in total. The van der Waals surface area contributed by atoms with Gasteiger partial charge in [0.1, 0.15) is 0 Å². The van der Waals surface area contributed by atoms with Crippen molar-refractivity contribution in [2.75, 3.05) is 17.2 Å². The van der Waals surface area contributed by atoms with E-state index in [1.807, 2.05) is 69.4 Å². The zero-order valence-corrected chi connectivity index (χ0v) is 19.3. The number of para-hydroxylation sites is 2. The van der Waals surface area contributed by atoms with Crippen LogP contribution < -0.4 is 10.2 Å². The highest BCUT2D eigenvalue weighted by molar-refractivity contribution is 7.99. The van der Waals surface area contributed by atoms with E-state index in [0.29, 0.717) is 22.4 Å². The number of anilines is 1. The number of amides is 2. The van der Waals surface area contributed by atoms with Crippen LogP contribution in [0.4, 0.5) is 5.69 Å². The first-order valence-electron chi connectivity index (χ1n) is 10.5. The monoisotopic (exact) mass is 475 g/mol. The fraction of sp³-hybridized carbons (Fsp3) is 0.167. The van der Waals surface area contributed by atoms with Gasteiger partial charge in [-0.15, -0.1) is 21.5 Å². The molecular weight excluding hydrogens is 454 g/mol. The highest BCUT2D eigenvalue weighted by Gasteiger charge is 2.25. The average Bonchev–Trinajstić information content (AvgIpc) is 3.61. The minimum atomic E-state index is -0.148. The summed E-state index contributed by atoms with van der Waals surface area (Å²) in [4.78, 5) is 27.8. The fourth-order valence-electron chi connectivity index (χ4n) is 3.80. The predicted molar refractivity (Wildman–Crippen MR) is 130 cm³/mol. The molecule has 33 heavy (non-hydrogen) atoms. The van der Waals surface area contributed by atoms with Crippen molar-refractivity contribution in [3.05, 3.63) is 88.4 Å². The molecule has 1 aliphatic heterocycles. The van der Waals surface area contributed by atoms with Crippen LogP contribution in [-0.4, -0.2) is 38.9 Å². The molecule has 0 aliphatic carbocycles. The number of benzene rings is 2. The van der Waals surface area contributed by atoms with Gasteiger partial charge in [-0.3, -0.25) is 14.2 Å². The topological polar surface area (TPSA) is 80.1 Å². The lowest BCUT2D eigenvalue weighted by Gasteiger charge is -2.17. The third-order valence-corrected chi connectivity index (χ3v) is 7.16. The number of hydrogen-bond acceptors (Lipinski definition) is 6. The summed E-state index contributed by atoms with van der Waals surface area (Å²) in [6, 6.07) is 21.4. The number of nitrogens with one attached hydrogen (secondary N) is 1. The van der Waals surface area contributed by atoms with Crippen LogP contribution in [0.3, 0.4) is 0 Å². The number of rotatable bonds is 7. The number of carbonyl (C=O) groups is 2. The van der Waals surface area contributed by atoms with Crippen LogP contribution in [0.2, 0.25) is 0 Å². The third kappa shape index (κ3) is 4.55. The largest absolute Gasteiger partial charge is 0.344 e. The molecule has 0 fully saturated rings. The second-order valence-corrected chi connectivity index (χ2v) is 9.33. The van der Waals surface area contributed by atoms with Crippen molar-refractivity contribution in [2.45, 2.75) is 18.1 Å². The maximum atomic E-state index is 13.0. The van der Waals surface area contributed by atoms with Crippen molar-refractivity contribution in [1.82, 2.24) is 20.1 Å². The van der Waals surface area contributed by atoms with Crippen LogP contribution in [0.5, 0.6) is 0 Å². The summed E-state index contributed by atoms with van der Waals surface area (Å²) in [5, 5.41) is 14.0. The first-order chi connectivity index (χ1) is 16.2. The molecule has 0 saturated carbocycles. The Labute approximate surface area is 199 Å². The van der Waals surface area contributed by atoms with Crippen molar-refractivity contribution in [3.8, 4) is 5.69 Å². The highest BCUT2D eigenvalue weighted by Crippen LogP contribution is 2.29. The number of hydrogen-bond donors (Lipinski definition) is 1. The number of nitrogens with zero attached hydrogens (tertiary/aromatic N) is 4. The second kappa shape index (κ2) is 9.60. The van der Waals surface area contributed by atoms with Gasteiger partial charge in [0, 0.05) is 17.9 Å². The third-order valence-electron chi connectivity index (χ3n) is 5.38. The molecular formula is C24H21N5O2S2. The van der Waals surface area contributed by atoms with Crippen molar-refractivity contribution < 1.29 is 9.59 Å². The van der Waals surface area contributed by atoms with Gasteiger partial charge in [0.15, 0.2) is 11.0 Å². The average molecular weight is 476 g/mol. The second-order valence-electron chi connectivity index (χ2n) is 7.44. The normalized spacial score (nSPS) is 12.5. The standard InChI is InChI=1S/C24H21N5O2S2/c30-22(28-13-12-17-7-4-5-10-19(17)28)16-33-24-27-26-21(29(24)18-8-2-1-3-9-18)15-25-23(31)20-11-6-14-32-20/h1-11,14H,12-13,15-16H2,(H,25,31). The molecule has 4 aromatic rings. The molecule has 166 valence electrons. The van der Waals surface area contributed by atoms with Crippen molar-refractivity contribution in [1.29, 1.82) is 0 Å². The van der Waals surface area contributed by atoms with Crippen LogP contribution in [0.15, 0.2) is 77.3 Å². The van der Waals surface area contributed by atoms with Crippen molar-refractivity contribution in [2.24, 2.45) is 0 Å². The Morgan fingerprint density at radius 1 is 1.00 bits per heavy atom. The van der Waals surface area contributed by atoms with Crippen LogP contribution in [0.25, 0.3) is 5.69 Å². The van der Waals surface area contributed by atoms with E-state index in [1.165, 1.54) is 28.7 Å². The van der Waals surface area contributed by atoms with Gasteiger partial charge in [0.05, 0.1) is 17.2 Å². The maximum absolute atomic E-state index is 13.0. The quantitative estimate of drug-likeness (QED) is 0.410. The van der Waals surface area contributed by atoms with Gasteiger partial charge in [-0.05, 0) is 41.6 Å². The maximum Gasteiger partial charge on any atom is 0.261 e. The Balaban J connectivity index is 1.33. The van der Waals surface area contributed by atoms with E-state index in [-0.39, 0.29) is 24.1 Å². The van der Waals surface area contributed by atoms with E-state index in [4.69, 9.17) is 0 Å². The number of thiophene rings is 1. The summed E-state index contributed by atoms with van der Waals surface area (Å²) >= 11 is 2.74. The van der Waals surface area contributed by atoms with Crippen molar-refractivity contribution in [3.63, 3.8) is 0 Å². The van der Waals surface area contributed by atoms with Crippen LogP contribution >= 0.6 is 23.1 Å². The van der Waals surface area contributed by atoms with E-state index in [0.717, 1.165) is 17.8 Å². The van der Waals surface area contributed by atoms with Crippen LogP contribution in [0.1, 0.15) is 21.1 Å². The molecule has 1 N–H and O–H groups in total. The van der Waals surface area contributed by atoms with Crippen molar-refractivity contribution >= 4 is 40.6 Å². The highest BCUT2D eigenvalue weighted by atomic mass is 32.2. The number of thioether (sulfide) groups is 1. The molecule has 0 spiro atoms. The Kier molecular flexibility index (Phi) is 6.23. The van der Waals surface area contributed by atoms with Gasteiger partial charge in [-0.1, -0.05) is 54.2 Å². The molecule has 1 aliphatic rings. The Morgan fingerprint density at radius 3 is 2.64 bits per heavy atom. The van der Waals surface area contributed by atoms with E-state index in [9.17, 15) is 9.59 Å². The number of fused-ring (bicyclic) bond motifs is 1. The fourth-order valence-corrected chi connectivity index (χ4v) is 5.29. The van der Waals surface area contributed by atoms with E-state index in [2.05, 4.69) is 21.6 Å². The first-order valence-corrected chi connectivity index (χ1v) is 12.4. The lowest BCUT2D eigenvalue weighted by Crippen LogP contribution is -2.30. The molecule has 9 heteroatoms. The zero-order valence-electron chi connectivity index (χ0n) is 17.7. The molecule has 0 bridgehead atoms. The van der Waals surface area contributed by atoms with E-state index < -0.39 is 0 Å². The van der Waals surface area contributed by atoms with E-state index >= 15 is 0 Å². The zero-order chi connectivity index (χ0) is 22.6. The van der Waals surface area contributed by atoms with Gasteiger partial charge < -0.3 is 10.2 Å². The Morgan fingerprint density at radius 2 is 1.82 bits per heavy atom. The van der Waals surface area contributed by atoms with Crippen LogP contribution in [-0.2, 0) is 17.8 Å². The molecule has 0 atom stereocenters. The summed E-state index contributed by atoms with van der Waals surface area (Å²) in [7, 11) is 0. The summed E-state index contributed by atoms with van der Waals surface area (Å²) in [6.07, 6.45) is 0.876. The minimum Gasteiger partial charge on any atom is -0.344 e. The van der Waals surface area contributed by atoms with E-state index in [1.54, 1.807) is 6.07 Å². The molecule has 5 rings (SSSR count). The summed E-state index contributed by atoms with van der Waals surface area (Å²) < 4.78 is 1.89. The lowest BCUT2D eigenvalue weighted by atomic mass is 10.2. The molecule has 2 amide bonds. The molecule has 2 aromatic carbocycles. The SMILES string of the molecule is O=C(NCc1nnc(SCC(=O)N2CCc3ccccc32)n1-c1ccccc1)c1cccs1. The molecule has 2 aromatic heterocycles. The number of aromatic nitrogens is 3. The van der Waals surface area contributed by atoms with Gasteiger partial charge in [0.2, 0.25) is 5.91 Å². The smallest absolute Gasteiger partial charge is 0.261 e. The summed E-state index contributed by atoms with van der Waals surface area (Å²) in [5.74, 6) is 0.748. The lowest BCUT2D eigenvalue weighted by molar-refractivity contribution is -0.116. The minimum absolute atomic E-state index is 0.0418. The van der Waals surface area contributed by atoms with Gasteiger partial charge in [-0.2, -0.15) is 0 Å². The molecule has 0 radical (unpaired) electrons. The summed E-state index contributed by atoms with van der Waals surface area (Å²) in [5.41, 5.74) is 3.07. The summed E-state index contributed by atoms with van der Waals surface area (Å²) in [6.45, 7) is 0.927. The van der Waals surface area contributed by atoms with Gasteiger partial charge >= 0.3 is 0 Å². The number of carbonyl (C=O) groups excluding carboxylic acids is 2. The van der Waals surface area contributed by atoms with Gasteiger partial charge in [-0.25, -0.2) is 0 Å². The van der Waals surface area contributed by atoms with Crippen LogP contribution in [0, 0.1) is 0 Å². The predicted octanol–water partition coefficient (Wildman–Crippen LogP) is 3.94. The Hall–Kier alpha value is -3.43.